The highest BCUT2D eigenvalue weighted by atomic mass is 32.2. The number of ether oxygens (including phenoxy) is 1. The maximum absolute atomic E-state index is 6.19. The molecule has 7 heteroatoms. The minimum Gasteiger partial charge on any atom is -0.495 e. The molecule has 0 radical (unpaired) electrons. The molecule has 1 unspecified atom stereocenters. The zero-order valence-corrected chi connectivity index (χ0v) is 15.1. The highest BCUT2D eigenvalue weighted by Gasteiger charge is 2.31. The Morgan fingerprint density at radius 1 is 1.32 bits per heavy atom. The van der Waals surface area contributed by atoms with Crippen molar-refractivity contribution >= 4 is 23.1 Å². The molecule has 6 nitrogen and oxygen atoms in total. The Labute approximate surface area is 152 Å². The Balaban J connectivity index is 1.73. The zero-order valence-electron chi connectivity index (χ0n) is 14.3. The van der Waals surface area contributed by atoms with Crippen molar-refractivity contribution in [1.82, 2.24) is 4.98 Å². The van der Waals surface area contributed by atoms with Crippen molar-refractivity contribution in [3.8, 4) is 0 Å². The molecule has 25 heavy (non-hydrogen) atoms. The third-order valence-electron chi connectivity index (χ3n) is 4.72. The first-order valence-electron chi connectivity index (χ1n) is 8.52. The molecule has 0 saturated carbocycles. The molecule has 4 heterocycles. The van der Waals surface area contributed by atoms with Crippen molar-refractivity contribution in [1.29, 1.82) is 0 Å². The Kier molecular flexibility index (Phi) is 4.45. The van der Waals surface area contributed by atoms with Crippen LogP contribution < -0.4 is 21.3 Å². The molecule has 3 aliphatic heterocycles. The number of aromatic nitrogens is 1. The van der Waals surface area contributed by atoms with E-state index in [1.54, 1.807) is 18.9 Å². The van der Waals surface area contributed by atoms with Crippen LogP contribution in [0.5, 0.6) is 0 Å². The van der Waals surface area contributed by atoms with Crippen LogP contribution in [-0.2, 0) is 4.74 Å². The molecule has 0 bridgehead atoms. The van der Waals surface area contributed by atoms with Gasteiger partial charge in [-0.25, -0.2) is 0 Å². The Morgan fingerprint density at radius 3 is 3.00 bits per heavy atom. The van der Waals surface area contributed by atoms with E-state index < -0.39 is 0 Å². The van der Waals surface area contributed by atoms with Gasteiger partial charge >= 0.3 is 0 Å². The fourth-order valence-electron chi connectivity index (χ4n) is 3.57. The minimum atomic E-state index is -0.0684. The number of nitrogens with two attached hydrogens (primary N) is 2. The van der Waals surface area contributed by atoms with E-state index in [0.717, 1.165) is 53.7 Å². The summed E-state index contributed by atoms with van der Waals surface area (Å²) in [5.41, 5.74) is 15.6. The number of nitrogens with zero attached hydrogens (tertiary/aromatic N) is 3. The van der Waals surface area contributed by atoms with Gasteiger partial charge in [0.15, 0.2) is 0 Å². The summed E-state index contributed by atoms with van der Waals surface area (Å²) in [7, 11) is 1.69. The first-order valence-corrected chi connectivity index (χ1v) is 9.40. The number of methoxy groups -OCH3 is 1. The van der Waals surface area contributed by atoms with E-state index >= 15 is 0 Å². The number of piperidine rings is 1. The fourth-order valence-corrected chi connectivity index (χ4v) is 4.59. The maximum Gasteiger partial charge on any atom is 0.136 e. The topological polar surface area (TPSA) is 80.6 Å². The van der Waals surface area contributed by atoms with Gasteiger partial charge in [0.25, 0.3) is 0 Å². The molecule has 1 saturated heterocycles. The van der Waals surface area contributed by atoms with Gasteiger partial charge in [-0.3, -0.25) is 4.98 Å². The second-order valence-corrected chi connectivity index (χ2v) is 7.62. The van der Waals surface area contributed by atoms with Crippen LogP contribution in [-0.4, -0.2) is 36.6 Å². The van der Waals surface area contributed by atoms with E-state index in [9.17, 15) is 0 Å². The Morgan fingerprint density at radius 2 is 2.20 bits per heavy atom. The lowest BCUT2D eigenvalue weighted by molar-refractivity contribution is 0.304. The average Bonchev–Trinajstić information content (AvgIpc) is 3.02. The lowest BCUT2D eigenvalue weighted by atomic mass is 10.1. The monoisotopic (exact) mass is 357 g/mol. The summed E-state index contributed by atoms with van der Waals surface area (Å²) in [6.45, 7) is 1.88. The summed E-state index contributed by atoms with van der Waals surface area (Å²) in [6.07, 6.45) is 12.0. The number of anilines is 2. The van der Waals surface area contributed by atoms with E-state index in [4.69, 9.17) is 16.2 Å². The van der Waals surface area contributed by atoms with E-state index in [1.165, 1.54) is 0 Å². The number of hydrogen-bond donors (Lipinski definition) is 2. The van der Waals surface area contributed by atoms with E-state index in [1.807, 2.05) is 24.7 Å². The van der Waals surface area contributed by atoms with Gasteiger partial charge < -0.3 is 26.0 Å². The lowest BCUT2D eigenvalue weighted by Gasteiger charge is -2.36. The lowest BCUT2D eigenvalue weighted by Crippen LogP contribution is -2.43. The number of allylic oxidation sites excluding steroid dienone is 1. The van der Waals surface area contributed by atoms with Gasteiger partial charge in [0.2, 0.25) is 0 Å². The smallest absolute Gasteiger partial charge is 0.136 e. The summed E-state index contributed by atoms with van der Waals surface area (Å²) in [5, 5.41) is -0.0684. The van der Waals surface area contributed by atoms with Crippen LogP contribution in [0, 0.1) is 0 Å². The molecule has 1 aromatic rings. The molecule has 132 valence electrons. The zero-order chi connectivity index (χ0) is 17.4. The normalized spacial score (nSPS) is 26.0. The van der Waals surface area contributed by atoms with Gasteiger partial charge in [-0.2, -0.15) is 0 Å². The first kappa shape index (κ1) is 16.5. The molecule has 2 atom stereocenters. The third-order valence-corrected chi connectivity index (χ3v) is 5.78. The van der Waals surface area contributed by atoms with E-state index in [-0.39, 0.29) is 11.4 Å². The van der Waals surface area contributed by atoms with Crippen molar-refractivity contribution in [2.75, 3.05) is 30.0 Å². The second kappa shape index (κ2) is 6.74. The molecule has 0 aliphatic carbocycles. The molecule has 4 N–H and O–H groups in total. The predicted molar refractivity (Wildman–Crippen MR) is 103 cm³/mol. The number of thioether (sulfide) groups is 1. The standard InChI is InChI=1S/C18H23N5OS/c1-24-16-5-8-23(14-9-17(20)25-18(14)16)15-10-21-6-4-13(15)22-7-2-3-12(19)11-22/h4-6,8-10,12,17H,2-3,7,11,19-20H2,1H3/t12-,17?/m1/s1. The quantitative estimate of drug-likeness (QED) is 0.857. The van der Waals surface area contributed by atoms with Crippen molar-refractivity contribution in [3.63, 3.8) is 0 Å². The van der Waals surface area contributed by atoms with Crippen molar-refractivity contribution < 1.29 is 4.74 Å². The molecular formula is C18H23N5OS. The van der Waals surface area contributed by atoms with Gasteiger partial charge in [0.1, 0.15) is 5.76 Å². The van der Waals surface area contributed by atoms with Crippen molar-refractivity contribution in [2.45, 2.75) is 24.3 Å². The minimum absolute atomic E-state index is 0.0684. The van der Waals surface area contributed by atoms with Crippen LogP contribution in [0.15, 0.2) is 53.2 Å². The SMILES string of the molecule is COC1=C2SC(N)C=C2N(c2cnccc2N2CCC[C@@H](N)C2)C=C1. The van der Waals surface area contributed by atoms with Crippen LogP contribution >= 0.6 is 11.8 Å². The molecule has 0 amide bonds. The summed E-state index contributed by atoms with van der Waals surface area (Å²) in [4.78, 5) is 9.94. The maximum atomic E-state index is 6.19. The fraction of sp³-hybridized carbons (Fsp3) is 0.389. The van der Waals surface area contributed by atoms with Gasteiger partial charge in [-0.05, 0) is 31.1 Å². The van der Waals surface area contributed by atoms with Crippen molar-refractivity contribution in [3.05, 3.63) is 53.2 Å². The summed E-state index contributed by atoms with van der Waals surface area (Å²) >= 11 is 1.62. The summed E-state index contributed by atoms with van der Waals surface area (Å²) < 4.78 is 5.50. The highest BCUT2D eigenvalue weighted by Crippen LogP contribution is 2.45. The highest BCUT2D eigenvalue weighted by molar-refractivity contribution is 8.04. The number of hydrogen-bond acceptors (Lipinski definition) is 7. The largest absolute Gasteiger partial charge is 0.495 e. The van der Waals surface area contributed by atoms with E-state index in [0.29, 0.717) is 0 Å². The molecule has 0 spiro atoms. The Hall–Kier alpha value is -1.96. The van der Waals surface area contributed by atoms with Gasteiger partial charge in [-0.1, -0.05) is 11.8 Å². The molecular weight excluding hydrogens is 334 g/mol. The van der Waals surface area contributed by atoms with Gasteiger partial charge in [0.05, 0.1) is 40.7 Å². The van der Waals surface area contributed by atoms with Crippen LogP contribution in [0.1, 0.15) is 12.8 Å². The summed E-state index contributed by atoms with van der Waals surface area (Å²) in [5.74, 6) is 0.853. The predicted octanol–water partition coefficient (Wildman–Crippen LogP) is 2.12. The van der Waals surface area contributed by atoms with Crippen molar-refractivity contribution in [2.24, 2.45) is 11.5 Å². The first-order chi connectivity index (χ1) is 12.2. The van der Waals surface area contributed by atoms with Gasteiger partial charge in [0, 0.05) is 31.5 Å². The molecule has 1 aromatic heterocycles. The third kappa shape index (κ3) is 3.03. The summed E-state index contributed by atoms with van der Waals surface area (Å²) in [6, 6.07) is 2.29. The van der Waals surface area contributed by atoms with Crippen LogP contribution in [0.25, 0.3) is 0 Å². The second-order valence-electron chi connectivity index (χ2n) is 6.43. The average molecular weight is 357 g/mol. The number of fused-ring (bicyclic) bond motifs is 1. The van der Waals surface area contributed by atoms with Gasteiger partial charge in [-0.15, -0.1) is 0 Å². The van der Waals surface area contributed by atoms with Crippen LogP contribution in [0.4, 0.5) is 11.4 Å². The van der Waals surface area contributed by atoms with Crippen LogP contribution in [0.3, 0.4) is 0 Å². The Bertz CT molecular complexity index is 760. The molecule has 4 rings (SSSR count). The van der Waals surface area contributed by atoms with Crippen LogP contribution in [0.2, 0.25) is 0 Å². The molecule has 1 fully saturated rings. The van der Waals surface area contributed by atoms with E-state index in [2.05, 4.69) is 26.9 Å². The molecule has 0 aromatic carbocycles. The number of rotatable bonds is 3. The molecule has 3 aliphatic rings. The number of pyridine rings is 1.